The van der Waals surface area contributed by atoms with Crippen molar-refractivity contribution in [3.63, 3.8) is 0 Å². The summed E-state index contributed by atoms with van der Waals surface area (Å²) in [4.78, 5) is 23.9. The number of amides is 2. The van der Waals surface area contributed by atoms with Crippen molar-refractivity contribution >= 4 is 29.1 Å². The van der Waals surface area contributed by atoms with Crippen LogP contribution in [0.15, 0.2) is 48.5 Å². The van der Waals surface area contributed by atoms with Gasteiger partial charge in [0.2, 0.25) is 5.91 Å². The first-order valence-electron chi connectivity index (χ1n) is 8.77. The monoisotopic (exact) mass is 371 g/mol. The van der Waals surface area contributed by atoms with Crippen LogP contribution in [0.2, 0.25) is 5.02 Å². The van der Waals surface area contributed by atoms with Crippen molar-refractivity contribution in [2.24, 2.45) is 5.92 Å². The maximum absolute atomic E-state index is 12.3. The molecule has 0 aromatic heterocycles. The zero-order valence-electron chi connectivity index (χ0n) is 14.4. The first-order chi connectivity index (χ1) is 12.6. The molecule has 0 aliphatic heterocycles. The molecule has 0 saturated heterocycles. The second-order valence-electron chi connectivity index (χ2n) is 6.38. The number of nitrogens with one attached hydrogen (secondary N) is 3. The van der Waals surface area contributed by atoms with E-state index in [9.17, 15) is 9.59 Å². The fourth-order valence-electron chi connectivity index (χ4n) is 2.60. The molecule has 2 amide bonds. The molecule has 1 saturated carbocycles. The molecular formula is C20H22ClN3O2. The molecule has 3 rings (SSSR count). The minimum Gasteiger partial charge on any atom is -0.355 e. The highest BCUT2D eigenvalue weighted by molar-refractivity contribution is 6.34. The van der Waals surface area contributed by atoms with Gasteiger partial charge in [0.25, 0.3) is 5.91 Å². The third kappa shape index (κ3) is 5.31. The summed E-state index contributed by atoms with van der Waals surface area (Å²) in [5.74, 6) is 0.174. The van der Waals surface area contributed by atoms with Gasteiger partial charge < -0.3 is 16.0 Å². The van der Waals surface area contributed by atoms with Gasteiger partial charge in [0.15, 0.2) is 0 Å². The summed E-state index contributed by atoms with van der Waals surface area (Å²) in [5, 5.41) is 9.50. The quantitative estimate of drug-likeness (QED) is 0.624. The molecule has 3 N–H and O–H groups in total. The average molecular weight is 372 g/mol. The van der Waals surface area contributed by atoms with Crippen LogP contribution in [0.25, 0.3) is 0 Å². The van der Waals surface area contributed by atoms with E-state index in [1.807, 2.05) is 24.3 Å². The van der Waals surface area contributed by atoms with Gasteiger partial charge in [-0.15, -0.1) is 0 Å². The van der Waals surface area contributed by atoms with E-state index in [1.54, 1.807) is 24.3 Å². The molecule has 0 bridgehead atoms. The Balaban J connectivity index is 1.46. The minimum atomic E-state index is -0.233. The number of hydrogen-bond donors (Lipinski definition) is 3. The number of hydrogen-bond acceptors (Lipinski definition) is 3. The molecule has 1 aliphatic rings. The molecule has 136 valence electrons. The van der Waals surface area contributed by atoms with Crippen LogP contribution in [0, 0.1) is 5.92 Å². The van der Waals surface area contributed by atoms with Gasteiger partial charge in [0, 0.05) is 31.2 Å². The number of rotatable bonds is 8. The Kier molecular flexibility index (Phi) is 6.26. The lowest BCUT2D eigenvalue weighted by atomic mass is 10.1. The van der Waals surface area contributed by atoms with Crippen molar-refractivity contribution in [1.82, 2.24) is 10.6 Å². The van der Waals surface area contributed by atoms with Gasteiger partial charge >= 0.3 is 0 Å². The van der Waals surface area contributed by atoms with Crippen LogP contribution in [0.5, 0.6) is 0 Å². The predicted molar refractivity (Wildman–Crippen MR) is 103 cm³/mol. The first-order valence-corrected chi connectivity index (χ1v) is 9.14. The molecule has 2 aromatic rings. The van der Waals surface area contributed by atoms with Crippen LogP contribution in [-0.2, 0) is 11.3 Å². The fraction of sp³-hybridized carbons (Fsp3) is 0.300. The summed E-state index contributed by atoms with van der Waals surface area (Å²) in [6, 6.07) is 14.6. The van der Waals surface area contributed by atoms with Crippen molar-refractivity contribution < 1.29 is 9.59 Å². The molecule has 1 aliphatic carbocycles. The van der Waals surface area contributed by atoms with E-state index in [-0.39, 0.29) is 17.7 Å². The molecule has 5 nitrogen and oxygen atoms in total. The zero-order valence-corrected chi connectivity index (χ0v) is 15.2. The van der Waals surface area contributed by atoms with E-state index in [0.29, 0.717) is 30.2 Å². The summed E-state index contributed by atoms with van der Waals surface area (Å²) >= 11 is 6.06. The Bertz CT molecular complexity index is 790. The van der Waals surface area contributed by atoms with E-state index < -0.39 is 0 Å². The van der Waals surface area contributed by atoms with Gasteiger partial charge in [0.1, 0.15) is 0 Å². The maximum Gasteiger partial charge on any atom is 0.257 e. The minimum absolute atomic E-state index is 0.163. The highest BCUT2D eigenvalue weighted by atomic mass is 35.5. The van der Waals surface area contributed by atoms with Gasteiger partial charge in [-0.1, -0.05) is 35.9 Å². The molecule has 26 heavy (non-hydrogen) atoms. The molecule has 0 spiro atoms. The molecule has 0 atom stereocenters. The van der Waals surface area contributed by atoms with Crippen molar-refractivity contribution in [3.8, 4) is 0 Å². The second kappa shape index (κ2) is 8.83. The van der Waals surface area contributed by atoms with Crippen molar-refractivity contribution in [1.29, 1.82) is 0 Å². The number of anilines is 1. The number of carbonyl (C=O) groups excluding carboxylic acids is 2. The van der Waals surface area contributed by atoms with E-state index in [4.69, 9.17) is 11.6 Å². The van der Waals surface area contributed by atoms with Crippen LogP contribution in [0.3, 0.4) is 0 Å². The van der Waals surface area contributed by atoms with Crippen LogP contribution in [-0.4, -0.2) is 24.9 Å². The maximum atomic E-state index is 12.3. The summed E-state index contributed by atoms with van der Waals surface area (Å²) < 4.78 is 0. The second-order valence-corrected chi connectivity index (χ2v) is 6.78. The van der Waals surface area contributed by atoms with Gasteiger partial charge in [0.05, 0.1) is 10.6 Å². The zero-order chi connectivity index (χ0) is 18.4. The summed E-state index contributed by atoms with van der Waals surface area (Å²) in [6.45, 7) is 1.99. The van der Waals surface area contributed by atoms with Gasteiger partial charge in [-0.2, -0.15) is 0 Å². The first kappa shape index (κ1) is 18.4. The SMILES string of the molecule is O=C(Nc1cccc(CNCCNC(=O)C2CC2)c1)c1ccccc1Cl. The Morgan fingerprint density at radius 2 is 1.85 bits per heavy atom. The van der Waals surface area contributed by atoms with Crippen molar-refractivity contribution in [2.45, 2.75) is 19.4 Å². The number of carbonyl (C=O) groups is 2. The highest BCUT2D eigenvalue weighted by Crippen LogP contribution is 2.28. The Morgan fingerprint density at radius 3 is 2.62 bits per heavy atom. The van der Waals surface area contributed by atoms with Gasteiger partial charge in [-0.25, -0.2) is 0 Å². The predicted octanol–water partition coefficient (Wildman–Crippen LogP) is 3.21. The Labute approximate surface area is 158 Å². The third-order valence-corrected chi connectivity index (χ3v) is 4.51. The Hall–Kier alpha value is -2.37. The van der Waals surface area contributed by atoms with Crippen LogP contribution >= 0.6 is 11.6 Å². The highest BCUT2D eigenvalue weighted by Gasteiger charge is 2.28. The van der Waals surface area contributed by atoms with Gasteiger partial charge in [-0.3, -0.25) is 9.59 Å². The van der Waals surface area contributed by atoms with E-state index in [0.717, 1.165) is 24.1 Å². The standard InChI is InChI=1S/C20H22ClN3O2/c21-18-7-2-1-6-17(18)20(26)24-16-5-3-4-14(12-16)13-22-10-11-23-19(25)15-8-9-15/h1-7,12,15,22H,8-11,13H2,(H,23,25)(H,24,26). The van der Waals surface area contributed by atoms with Crippen LogP contribution in [0.4, 0.5) is 5.69 Å². The molecule has 0 unspecified atom stereocenters. The Morgan fingerprint density at radius 1 is 1.04 bits per heavy atom. The largest absolute Gasteiger partial charge is 0.355 e. The lowest BCUT2D eigenvalue weighted by Gasteiger charge is -2.10. The molecule has 2 aromatic carbocycles. The lowest BCUT2D eigenvalue weighted by molar-refractivity contribution is -0.122. The molecule has 0 heterocycles. The molecule has 0 radical (unpaired) electrons. The summed E-state index contributed by atoms with van der Waals surface area (Å²) in [7, 11) is 0. The fourth-order valence-corrected chi connectivity index (χ4v) is 2.82. The van der Waals surface area contributed by atoms with Crippen LogP contribution in [0.1, 0.15) is 28.8 Å². The molecular weight excluding hydrogens is 350 g/mol. The normalized spacial score (nSPS) is 13.3. The molecule has 6 heteroatoms. The van der Waals surface area contributed by atoms with Crippen molar-refractivity contribution in [2.75, 3.05) is 18.4 Å². The van der Waals surface area contributed by atoms with Crippen LogP contribution < -0.4 is 16.0 Å². The van der Waals surface area contributed by atoms with Crippen molar-refractivity contribution in [3.05, 3.63) is 64.7 Å². The van der Waals surface area contributed by atoms with Gasteiger partial charge in [-0.05, 0) is 42.7 Å². The average Bonchev–Trinajstić information content (AvgIpc) is 3.47. The number of halogens is 1. The van der Waals surface area contributed by atoms with E-state index >= 15 is 0 Å². The molecule has 1 fully saturated rings. The third-order valence-electron chi connectivity index (χ3n) is 4.18. The lowest BCUT2D eigenvalue weighted by Crippen LogP contribution is -2.32. The van der Waals surface area contributed by atoms with E-state index in [1.165, 1.54) is 0 Å². The summed E-state index contributed by atoms with van der Waals surface area (Å²) in [6.07, 6.45) is 2.04. The topological polar surface area (TPSA) is 70.2 Å². The summed E-state index contributed by atoms with van der Waals surface area (Å²) in [5.41, 5.74) is 2.22. The smallest absolute Gasteiger partial charge is 0.257 e. The van der Waals surface area contributed by atoms with E-state index in [2.05, 4.69) is 16.0 Å². The number of benzene rings is 2.